The highest BCUT2D eigenvalue weighted by Crippen LogP contribution is 2.25. The number of benzene rings is 1. The molecule has 1 rings (SSSR count). The summed E-state index contributed by atoms with van der Waals surface area (Å²) in [7, 11) is 0. The summed E-state index contributed by atoms with van der Waals surface area (Å²) in [5, 5.41) is 0. The van der Waals surface area contributed by atoms with Gasteiger partial charge in [0.15, 0.2) is 5.78 Å². The summed E-state index contributed by atoms with van der Waals surface area (Å²) in [6, 6.07) is 5.59. The van der Waals surface area contributed by atoms with E-state index in [1.807, 2.05) is 32.0 Å². The van der Waals surface area contributed by atoms with E-state index in [-0.39, 0.29) is 5.78 Å². The molecule has 0 atom stereocenters. The molecule has 0 heterocycles. The first-order chi connectivity index (χ1) is 8.19. The van der Waals surface area contributed by atoms with E-state index in [1.165, 1.54) is 0 Å². The van der Waals surface area contributed by atoms with Crippen LogP contribution in [0.15, 0.2) is 22.7 Å². The molecular weight excluding hydrogens is 300 g/mol. The van der Waals surface area contributed by atoms with E-state index in [1.54, 1.807) is 11.8 Å². The van der Waals surface area contributed by atoms with Crippen LogP contribution in [0.4, 0.5) is 0 Å². The molecule has 94 valence electrons. The lowest BCUT2D eigenvalue weighted by Gasteiger charge is -2.10. The van der Waals surface area contributed by atoms with Crippen molar-refractivity contribution in [3.05, 3.63) is 28.2 Å². The maximum absolute atomic E-state index is 12.0. The highest BCUT2D eigenvalue weighted by molar-refractivity contribution is 9.10. The molecule has 0 bridgehead atoms. The smallest absolute Gasteiger partial charge is 0.176 e. The van der Waals surface area contributed by atoms with Crippen LogP contribution >= 0.6 is 27.7 Å². The Labute approximate surface area is 115 Å². The van der Waals surface area contributed by atoms with Crippen molar-refractivity contribution in [3.8, 4) is 5.75 Å². The molecule has 0 N–H and O–H groups in total. The number of hydrogen-bond acceptors (Lipinski definition) is 3. The molecule has 0 fully saturated rings. The van der Waals surface area contributed by atoms with E-state index in [0.717, 1.165) is 16.6 Å². The molecule has 0 amide bonds. The molecule has 0 saturated heterocycles. The Morgan fingerprint density at radius 3 is 2.82 bits per heavy atom. The number of thioether (sulfide) groups is 1. The highest BCUT2D eigenvalue weighted by atomic mass is 79.9. The number of hydrogen-bond donors (Lipinski definition) is 0. The third-order valence-corrected chi connectivity index (χ3v) is 3.51. The van der Waals surface area contributed by atoms with Crippen LogP contribution in [0.5, 0.6) is 5.75 Å². The van der Waals surface area contributed by atoms with Crippen LogP contribution in [0.1, 0.15) is 30.6 Å². The Hall–Kier alpha value is -0.480. The number of Topliss-reactive ketones (excluding diaryl/α,β-unsaturated/α-hetero) is 1. The number of carbonyl (C=O) groups is 1. The molecule has 0 aliphatic heterocycles. The first-order valence-corrected chi connectivity index (χ1v) is 7.67. The van der Waals surface area contributed by atoms with Gasteiger partial charge in [-0.05, 0) is 30.4 Å². The monoisotopic (exact) mass is 316 g/mol. The third-order valence-electron chi connectivity index (χ3n) is 2.14. The molecule has 0 aromatic heterocycles. The Balaban J connectivity index is 2.85. The van der Waals surface area contributed by atoms with Gasteiger partial charge in [-0.2, -0.15) is 11.8 Å². The molecule has 0 aliphatic rings. The highest BCUT2D eigenvalue weighted by Gasteiger charge is 2.12. The molecule has 1 aromatic rings. The van der Waals surface area contributed by atoms with Crippen LogP contribution in [0.25, 0.3) is 0 Å². The Morgan fingerprint density at radius 1 is 1.41 bits per heavy atom. The molecule has 2 nitrogen and oxygen atoms in total. The van der Waals surface area contributed by atoms with Crippen LogP contribution in [-0.4, -0.2) is 23.9 Å². The second-order valence-electron chi connectivity index (χ2n) is 3.55. The van der Waals surface area contributed by atoms with Crippen LogP contribution in [0.3, 0.4) is 0 Å². The fourth-order valence-electron chi connectivity index (χ4n) is 1.33. The van der Waals surface area contributed by atoms with Gasteiger partial charge < -0.3 is 4.74 Å². The predicted octanol–water partition coefficient (Wildman–Crippen LogP) is 4.17. The second kappa shape index (κ2) is 7.77. The first kappa shape index (κ1) is 14.6. The van der Waals surface area contributed by atoms with Gasteiger partial charge in [-0.3, -0.25) is 4.79 Å². The maximum atomic E-state index is 12.0. The fourth-order valence-corrected chi connectivity index (χ4v) is 2.24. The lowest BCUT2D eigenvalue weighted by molar-refractivity contribution is 0.101. The Morgan fingerprint density at radius 2 is 2.18 bits per heavy atom. The van der Waals surface area contributed by atoms with Crippen LogP contribution < -0.4 is 4.74 Å². The fraction of sp³-hybridized carbons (Fsp3) is 0.462. The van der Waals surface area contributed by atoms with Gasteiger partial charge in [0.2, 0.25) is 0 Å². The van der Waals surface area contributed by atoms with Crippen LogP contribution in [-0.2, 0) is 0 Å². The van der Waals surface area contributed by atoms with Crippen molar-refractivity contribution < 1.29 is 9.53 Å². The van der Waals surface area contributed by atoms with Gasteiger partial charge in [-0.15, -0.1) is 0 Å². The third kappa shape index (κ3) is 4.72. The van der Waals surface area contributed by atoms with Gasteiger partial charge >= 0.3 is 0 Å². The van der Waals surface area contributed by atoms with Crippen molar-refractivity contribution in [2.24, 2.45) is 0 Å². The van der Waals surface area contributed by atoms with Crippen molar-refractivity contribution in [2.45, 2.75) is 20.3 Å². The molecule has 0 radical (unpaired) electrons. The minimum Gasteiger partial charge on any atom is -0.493 e. The van der Waals surface area contributed by atoms with Crippen molar-refractivity contribution in [2.75, 3.05) is 18.1 Å². The molecule has 17 heavy (non-hydrogen) atoms. The minimum atomic E-state index is 0.129. The molecule has 0 unspecified atom stereocenters. The second-order valence-corrected chi connectivity index (χ2v) is 5.74. The number of rotatable bonds is 7. The van der Waals surface area contributed by atoms with Gasteiger partial charge in [0, 0.05) is 4.47 Å². The Kier molecular flexibility index (Phi) is 6.66. The van der Waals surface area contributed by atoms with Gasteiger partial charge in [-0.1, -0.05) is 29.8 Å². The zero-order chi connectivity index (χ0) is 12.7. The quantitative estimate of drug-likeness (QED) is 0.706. The maximum Gasteiger partial charge on any atom is 0.176 e. The number of carbonyl (C=O) groups excluding carboxylic acids is 1. The van der Waals surface area contributed by atoms with Crippen LogP contribution in [0.2, 0.25) is 0 Å². The molecule has 0 aliphatic carbocycles. The van der Waals surface area contributed by atoms with Crippen molar-refractivity contribution >= 4 is 33.5 Å². The number of ether oxygens (including phenoxy) is 1. The average molecular weight is 317 g/mol. The van der Waals surface area contributed by atoms with E-state index < -0.39 is 0 Å². The number of halogens is 1. The van der Waals surface area contributed by atoms with Crippen molar-refractivity contribution in [1.29, 1.82) is 0 Å². The molecule has 4 heteroatoms. The lowest BCUT2D eigenvalue weighted by Crippen LogP contribution is -2.07. The first-order valence-electron chi connectivity index (χ1n) is 5.72. The summed E-state index contributed by atoms with van der Waals surface area (Å²) in [4.78, 5) is 12.0. The van der Waals surface area contributed by atoms with Gasteiger partial charge in [0.25, 0.3) is 0 Å². The molecule has 0 spiro atoms. The minimum absolute atomic E-state index is 0.129. The largest absolute Gasteiger partial charge is 0.493 e. The lowest BCUT2D eigenvalue weighted by atomic mass is 10.1. The summed E-state index contributed by atoms with van der Waals surface area (Å²) in [5.74, 6) is 2.28. The van der Waals surface area contributed by atoms with E-state index >= 15 is 0 Å². The summed E-state index contributed by atoms with van der Waals surface area (Å²) >= 11 is 5.02. The van der Waals surface area contributed by atoms with Gasteiger partial charge in [0.05, 0.1) is 17.9 Å². The van der Waals surface area contributed by atoms with Gasteiger partial charge in [-0.25, -0.2) is 0 Å². The van der Waals surface area contributed by atoms with Crippen LogP contribution in [0, 0.1) is 0 Å². The summed E-state index contributed by atoms with van der Waals surface area (Å²) < 4.78 is 6.50. The van der Waals surface area contributed by atoms with E-state index in [9.17, 15) is 4.79 Å². The summed E-state index contributed by atoms with van der Waals surface area (Å²) in [5.41, 5.74) is 0.675. The van der Waals surface area contributed by atoms with E-state index in [2.05, 4.69) is 15.9 Å². The summed E-state index contributed by atoms with van der Waals surface area (Å²) in [6.07, 6.45) is 0.938. The van der Waals surface area contributed by atoms with Crippen molar-refractivity contribution in [1.82, 2.24) is 0 Å². The number of ketones is 1. The zero-order valence-electron chi connectivity index (χ0n) is 10.2. The van der Waals surface area contributed by atoms with Gasteiger partial charge in [0.1, 0.15) is 5.75 Å². The van der Waals surface area contributed by atoms with E-state index in [0.29, 0.717) is 23.7 Å². The Bertz CT molecular complexity index is 380. The zero-order valence-corrected chi connectivity index (χ0v) is 12.6. The average Bonchev–Trinajstić information content (AvgIpc) is 2.34. The molecular formula is C13H17BrO2S. The van der Waals surface area contributed by atoms with Crippen molar-refractivity contribution in [3.63, 3.8) is 0 Å². The standard InChI is InChI=1S/C13H17BrO2S/c1-3-7-16-13-6-5-10(14)8-11(13)12(15)9-17-4-2/h5-6,8H,3-4,7,9H2,1-2H3. The topological polar surface area (TPSA) is 26.3 Å². The normalized spacial score (nSPS) is 10.3. The summed E-state index contributed by atoms with van der Waals surface area (Å²) in [6.45, 7) is 4.74. The molecule has 0 saturated carbocycles. The SMILES string of the molecule is CCCOc1ccc(Br)cc1C(=O)CSCC. The van der Waals surface area contributed by atoms with E-state index in [4.69, 9.17) is 4.74 Å². The molecule has 1 aromatic carbocycles. The predicted molar refractivity (Wildman–Crippen MR) is 77.3 cm³/mol.